The molecular formula is C25H31N5O12P3S-3. The third kappa shape index (κ3) is 8.27. The van der Waals surface area contributed by atoms with Gasteiger partial charge < -0.3 is 39.1 Å². The number of phosphoric ester groups is 1. The minimum absolute atomic E-state index is 0.0868. The second-order valence-electron chi connectivity index (χ2n) is 11.1. The number of benzene rings is 1. The molecule has 21 heteroatoms. The minimum atomic E-state index is -5.90. The lowest BCUT2D eigenvalue weighted by Crippen LogP contribution is -2.32. The van der Waals surface area contributed by atoms with Gasteiger partial charge in [0, 0.05) is 12.2 Å². The van der Waals surface area contributed by atoms with E-state index >= 15 is 0 Å². The van der Waals surface area contributed by atoms with Crippen LogP contribution in [0, 0.1) is 5.92 Å². The van der Waals surface area contributed by atoms with Crippen LogP contribution < -0.4 is 20.4 Å². The highest BCUT2D eigenvalue weighted by molar-refractivity contribution is 8.54. The number of fused-ring (bicyclic) bond motifs is 2. The SMILES string of the molecule is Nc1ncnc2c1ncn2[C@@H]1O[C@H](COP(=O)([O-])OP(=O)([O-])OP(=O)([O-])SCC2CCCCC2)[C@@H]2OC(Cc3ccccc3)OC21. The van der Waals surface area contributed by atoms with Crippen LogP contribution >= 0.6 is 33.8 Å². The second-order valence-corrected chi connectivity index (χ2v) is 18.0. The Morgan fingerprint density at radius 1 is 0.935 bits per heavy atom. The molecule has 46 heavy (non-hydrogen) atoms. The normalized spacial score (nSPS) is 29.2. The van der Waals surface area contributed by atoms with E-state index in [-0.39, 0.29) is 17.5 Å². The number of rotatable bonds is 13. The predicted molar refractivity (Wildman–Crippen MR) is 157 cm³/mol. The average Bonchev–Trinajstić information content (AvgIpc) is 3.69. The Morgan fingerprint density at radius 2 is 1.67 bits per heavy atom. The lowest BCUT2D eigenvalue weighted by atomic mass is 9.91. The van der Waals surface area contributed by atoms with E-state index in [1.165, 1.54) is 17.2 Å². The van der Waals surface area contributed by atoms with Gasteiger partial charge in [-0.1, -0.05) is 61.0 Å². The number of aromatic nitrogens is 4. The molecule has 6 rings (SSSR count). The Morgan fingerprint density at radius 3 is 2.43 bits per heavy atom. The highest BCUT2D eigenvalue weighted by Crippen LogP contribution is 2.67. The Labute approximate surface area is 267 Å². The summed E-state index contributed by atoms with van der Waals surface area (Å²) in [5.41, 5.74) is 7.47. The van der Waals surface area contributed by atoms with E-state index in [1.54, 1.807) is 0 Å². The third-order valence-corrected chi connectivity index (χ3v) is 14.4. The van der Waals surface area contributed by atoms with Crippen molar-refractivity contribution in [2.24, 2.45) is 5.92 Å². The van der Waals surface area contributed by atoms with Crippen LogP contribution in [0.15, 0.2) is 43.0 Å². The van der Waals surface area contributed by atoms with Crippen molar-refractivity contribution in [3.05, 3.63) is 48.5 Å². The highest BCUT2D eigenvalue weighted by Gasteiger charge is 2.54. The van der Waals surface area contributed by atoms with Gasteiger partial charge in [-0.3, -0.25) is 22.6 Å². The fourth-order valence-electron chi connectivity index (χ4n) is 5.74. The van der Waals surface area contributed by atoms with Crippen LogP contribution in [0.1, 0.15) is 43.9 Å². The maximum atomic E-state index is 12.6. The van der Waals surface area contributed by atoms with Crippen molar-refractivity contribution in [2.45, 2.75) is 69.4 Å². The number of hydrogen-bond donors (Lipinski definition) is 1. The Bertz CT molecular complexity index is 1660. The predicted octanol–water partition coefficient (Wildman–Crippen LogP) is 2.43. The number of phosphoric acid groups is 2. The van der Waals surface area contributed by atoms with Crippen molar-refractivity contribution in [3.8, 4) is 0 Å². The van der Waals surface area contributed by atoms with Gasteiger partial charge in [0.1, 0.15) is 30.2 Å². The van der Waals surface area contributed by atoms with Gasteiger partial charge in [-0.15, -0.1) is 0 Å². The van der Waals surface area contributed by atoms with E-state index in [0.717, 1.165) is 37.7 Å². The third-order valence-electron chi connectivity index (χ3n) is 7.80. The summed E-state index contributed by atoms with van der Waals surface area (Å²) in [4.78, 5) is 49.6. The van der Waals surface area contributed by atoms with Gasteiger partial charge in [-0.2, -0.15) is 0 Å². The van der Waals surface area contributed by atoms with Crippen LogP contribution in [0.2, 0.25) is 0 Å². The van der Waals surface area contributed by atoms with E-state index in [9.17, 15) is 28.4 Å². The van der Waals surface area contributed by atoms with Gasteiger partial charge in [0.25, 0.3) is 15.6 Å². The van der Waals surface area contributed by atoms with Crippen LogP contribution in [0.3, 0.4) is 0 Å². The summed E-state index contributed by atoms with van der Waals surface area (Å²) in [5, 5.41) is 0. The molecule has 4 heterocycles. The molecule has 17 nitrogen and oxygen atoms in total. The lowest BCUT2D eigenvalue weighted by molar-refractivity contribution is -0.245. The Balaban J connectivity index is 1.12. The number of nitrogens with two attached hydrogens (primary N) is 1. The van der Waals surface area contributed by atoms with Crippen molar-refractivity contribution < 1.29 is 55.7 Å². The fourth-order valence-corrected chi connectivity index (χ4v) is 11.9. The lowest BCUT2D eigenvalue weighted by Gasteiger charge is -2.35. The molecule has 0 amide bonds. The quantitative estimate of drug-likeness (QED) is 0.249. The van der Waals surface area contributed by atoms with Crippen LogP contribution in [0.25, 0.3) is 11.2 Å². The summed E-state index contributed by atoms with van der Waals surface area (Å²) in [6, 6.07) is 9.37. The zero-order chi connectivity index (χ0) is 32.5. The molecule has 1 aliphatic carbocycles. The van der Waals surface area contributed by atoms with Crippen molar-refractivity contribution in [1.29, 1.82) is 0 Å². The second kappa shape index (κ2) is 14.0. The molecule has 3 fully saturated rings. The summed E-state index contributed by atoms with van der Waals surface area (Å²) in [7, 11) is -11.6. The average molecular weight is 719 g/mol. The molecule has 0 radical (unpaired) electrons. The number of nitrogens with zero attached hydrogens (tertiary/aromatic N) is 4. The molecule has 1 saturated carbocycles. The van der Waals surface area contributed by atoms with Crippen LogP contribution in [0.4, 0.5) is 5.82 Å². The molecule has 2 N–H and O–H groups in total. The van der Waals surface area contributed by atoms with Crippen molar-refractivity contribution in [2.75, 3.05) is 18.1 Å². The van der Waals surface area contributed by atoms with E-state index in [2.05, 4.69) is 23.6 Å². The first-order chi connectivity index (χ1) is 21.9. The molecular weight excluding hydrogens is 687 g/mol. The monoisotopic (exact) mass is 718 g/mol. The van der Waals surface area contributed by atoms with Crippen molar-refractivity contribution in [1.82, 2.24) is 19.5 Å². The van der Waals surface area contributed by atoms with Gasteiger partial charge in [-0.25, -0.2) is 19.3 Å². The van der Waals surface area contributed by atoms with Gasteiger partial charge >= 0.3 is 0 Å². The molecule has 0 spiro atoms. The summed E-state index contributed by atoms with van der Waals surface area (Å²) in [5.74, 6) is 0.337. The molecule has 0 bridgehead atoms. The molecule has 3 aromatic rings. The Hall–Kier alpha value is -1.75. The maximum absolute atomic E-state index is 12.6. The molecule has 252 valence electrons. The molecule has 3 aliphatic rings. The van der Waals surface area contributed by atoms with Crippen LogP contribution in [-0.4, -0.2) is 56.5 Å². The number of nitrogen functional groups attached to an aromatic ring is 1. The zero-order valence-corrected chi connectivity index (χ0v) is 27.7. The minimum Gasteiger partial charge on any atom is -0.770 e. The van der Waals surface area contributed by atoms with Crippen LogP contribution in [0.5, 0.6) is 0 Å². The van der Waals surface area contributed by atoms with E-state index in [1.807, 2.05) is 30.3 Å². The summed E-state index contributed by atoms with van der Waals surface area (Å²) < 4.78 is 70.2. The summed E-state index contributed by atoms with van der Waals surface area (Å²) in [6.45, 7) is -5.82. The van der Waals surface area contributed by atoms with E-state index in [4.69, 9.17) is 24.5 Å². The first-order valence-electron chi connectivity index (χ1n) is 14.5. The molecule has 1 aromatic carbocycles. The van der Waals surface area contributed by atoms with Gasteiger partial charge in [0.05, 0.1) is 12.9 Å². The summed E-state index contributed by atoms with van der Waals surface area (Å²) >= 11 is 0.302. The number of anilines is 1. The fraction of sp³-hybridized carbons (Fsp3) is 0.560. The smallest absolute Gasteiger partial charge is 0.279 e. The van der Waals surface area contributed by atoms with E-state index in [0.29, 0.717) is 29.0 Å². The standard InChI is InChI=1S/C25H34N5O12P3S/c26-23-20-24(28-14-27-23)30(15-29-20)25-22-21(39-19(40-22)11-16-7-3-1-4-8-16)18(38-25)12-37-43(31,32)41-44(33,34)42-45(35,36)46-13-17-9-5-2-6-10-17/h1,3-4,7-8,14-15,17-19,21-22,25H,2,5-6,9-13H2,(H,31,32)(H,33,34)(H,35,36)(H2,26,27,28)/p-3/t18-,19?,21+,22?,25-/m1/s1. The van der Waals surface area contributed by atoms with E-state index < -0.39 is 59.9 Å². The molecule has 2 aromatic heterocycles. The van der Waals surface area contributed by atoms with Gasteiger partial charge in [0.15, 0.2) is 30.8 Å². The molecule has 5 unspecified atom stereocenters. The first-order valence-corrected chi connectivity index (χ1v) is 20.5. The van der Waals surface area contributed by atoms with Crippen molar-refractivity contribution >= 4 is 50.8 Å². The van der Waals surface area contributed by atoms with Crippen LogP contribution in [-0.2, 0) is 47.5 Å². The van der Waals surface area contributed by atoms with Crippen molar-refractivity contribution in [3.63, 3.8) is 0 Å². The molecule has 8 atom stereocenters. The topological polar surface area (TPSA) is 245 Å². The van der Waals surface area contributed by atoms with Gasteiger partial charge in [-0.05, 0) is 24.3 Å². The molecule has 2 aliphatic heterocycles. The number of imidazole rings is 1. The van der Waals surface area contributed by atoms with Gasteiger partial charge in [0.2, 0.25) is 0 Å². The highest BCUT2D eigenvalue weighted by atomic mass is 32.7. The number of hydrogen-bond acceptors (Lipinski definition) is 17. The Kier molecular flexibility index (Phi) is 10.4. The number of ether oxygens (including phenoxy) is 3. The maximum Gasteiger partial charge on any atom is 0.279 e. The first kappa shape index (κ1) is 34.1. The summed E-state index contributed by atoms with van der Waals surface area (Å²) in [6.07, 6.45) is 3.12. The molecule has 2 saturated heterocycles. The largest absolute Gasteiger partial charge is 0.770 e. The zero-order valence-electron chi connectivity index (χ0n) is 24.2.